The highest BCUT2D eigenvalue weighted by Gasteiger charge is 2.24. The molecule has 0 bridgehead atoms. The third kappa shape index (κ3) is 3.07. The lowest BCUT2D eigenvalue weighted by atomic mass is 10.0. The summed E-state index contributed by atoms with van der Waals surface area (Å²) in [7, 11) is 0. The van der Waals surface area contributed by atoms with Gasteiger partial charge in [0.2, 0.25) is 0 Å². The molecule has 9 nitrogen and oxygen atoms in total. The Morgan fingerprint density at radius 1 is 1.20 bits per heavy atom. The van der Waals surface area contributed by atoms with Gasteiger partial charge in [-0.15, -0.1) is 0 Å². The molecule has 25 heavy (non-hydrogen) atoms. The van der Waals surface area contributed by atoms with E-state index in [2.05, 4.69) is 54.1 Å². The first-order valence-corrected chi connectivity index (χ1v) is 8.79. The molecule has 3 aromatic rings. The number of anilines is 1. The Kier molecular flexibility index (Phi) is 4.31. The van der Waals surface area contributed by atoms with Crippen LogP contribution < -0.4 is 10.2 Å². The van der Waals surface area contributed by atoms with E-state index < -0.39 is 0 Å². The second kappa shape index (κ2) is 6.75. The molecule has 1 saturated heterocycles. The maximum Gasteiger partial charge on any atom is 0.182 e. The summed E-state index contributed by atoms with van der Waals surface area (Å²) >= 11 is 0. The van der Waals surface area contributed by atoms with E-state index in [-0.39, 0.29) is 6.04 Å². The molecule has 1 atom stereocenters. The van der Waals surface area contributed by atoms with E-state index in [1.165, 1.54) is 0 Å². The van der Waals surface area contributed by atoms with Gasteiger partial charge in [-0.2, -0.15) is 5.10 Å². The van der Waals surface area contributed by atoms with Crippen molar-refractivity contribution in [1.82, 2.24) is 40.0 Å². The van der Waals surface area contributed by atoms with Crippen molar-refractivity contribution in [2.45, 2.75) is 45.3 Å². The van der Waals surface area contributed by atoms with Crippen LogP contribution in [0.25, 0.3) is 11.2 Å². The van der Waals surface area contributed by atoms with E-state index >= 15 is 0 Å². The number of nitrogens with zero attached hydrogens (tertiary/aromatic N) is 7. The molecule has 1 fully saturated rings. The summed E-state index contributed by atoms with van der Waals surface area (Å²) in [6.45, 7) is 6.99. The molecule has 4 heterocycles. The Balaban J connectivity index is 1.39. The van der Waals surface area contributed by atoms with Crippen LogP contribution in [0.1, 0.15) is 38.6 Å². The first-order valence-electron chi connectivity index (χ1n) is 8.79. The molecule has 1 aliphatic rings. The largest absolute Gasteiger partial charge is 0.355 e. The number of nitrogens with one attached hydrogen (secondary N) is 2. The fourth-order valence-corrected chi connectivity index (χ4v) is 3.53. The molecular formula is C16H23N9. The van der Waals surface area contributed by atoms with Gasteiger partial charge in [0.15, 0.2) is 11.5 Å². The van der Waals surface area contributed by atoms with Crippen molar-refractivity contribution >= 4 is 17.0 Å². The summed E-state index contributed by atoms with van der Waals surface area (Å²) < 4.78 is 1.95. The minimum Gasteiger partial charge on any atom is -0.355 e. The number of aromatic amines is 1. The van der Waals surface area contributed by atoms with Gasteiger partial charge in [-0.1, -0.05) is 0 Å². The van der Waals surface area contributed by atoms with Gasteiger partial charge in [0.25, 0.3) is 0 Å². The zero-order valence-corrected chi connectivity index (χ0v) is 14.6. The molecule has 0 unspecified atom stereocenters. The maximum atomic E-state index is 4.45. The second-order valence-electron chi connectivity index (χ2n) is 6.38. The van der Waals surface area contributed by atoms with Crippen LogP contribution in [0, 0.1) is 0 Å². The van der Waals surface area contributed by atoms with E-state index in [0.29, 0.717) is 6.04 Å². The summed E-state index contributed by atoms with van der Waals surface area (Å²) in [5, 5.41) is 7.96. The predicted octanol–water partition coefficient (Wildman–Crippen LogP) is 1.28. The highest BCUT2D eigenvalue weighted by molar-refractivity contribution is 5.82. The molecule has 132 valence electrons. The Morgan fingerprint density at radius 3 is 2.84 bits per heavy atom. The molecule has 0 saturated carbocycles. The van der Waals surface area contributed by atoms with Crippen LogP contribution in [0.5, 0.6) is 0 Å². The summed E-state index contributed by atoms with van der Waals surface area (Å²) in [5.74, 6) is 1.94. The number of fused-ring (bicyclic) bond motifs is 1. The van der Waals surface area contributed by atoms with Crippen molar-refractivity contribution in [2.75, 3.05) is 18.0 Å². The maximum absolute atomic E-state index is 4.45. The molecular weight excluding hydrogens is 318 g/mol. The van der Waals surface area contributed by atoms with E-state index in [1.807, 2.05) is 4.68 Å². The third-order valence-electron chi connectivity index (χ3n) is 4.82. The molecule has 0 radical (unpaired) electrons. The minimum atomic E-state index is 0.192. The number of piperidine rings is 1. The van der Waals surface area contributed by atoms with Crippen molar-refractivity contribution in [2.24, 2.45) is 0 Å². The number of rotatable bonds is 5. The normalized spacial score (nSPS) is 17.3. The fraction of sp³-hybridized carbons (Fsp3) is 0.562. The lowest BCUT2D eigenvalue weighted by Crippen LogP contribution is -2.44. The summed E-state index contributed by atoms with van der Waals surface area (Å²) in [6, 6.07) is 0.657. The molecule has 2 N–H and O–H groups in total. The van der Waals surface area contributed by atoms with Gasteiger partial charge in [0, 0.05) is 25.7 Å². The van der Waals surface area contributed by atoms with E-state index in [1.54, 1.807) is 19.0 Å². The van der Waals surface area contributed by atoms with Gasteiger partial charge in [-0.25, -0.2) is 24.6 Å². The molecule has 0 spiro atoms. The zero-order chi connectivity index (χ0) is 17.2. The van der Waals surface area contributed by atoms with Crippen LogP contribution in [-0.4, -0.2) is 53.8 Å². The van der Waals surface area contributed by atoms with Crippen LogP contribution in [0.3, 0.4) is 0 Å². The SMILES string of the molecule is CCn1ncnc1[C@H](C)NC1CCN(c2ncnc3nc[nH]c23)CC1. The second-order valence-corrected chi connectivity index (χ2v) is 6.38. The van der Waals surface area contributed by atoms with E-state index in [4.69, 9.17) is 0 Å². The Morgan fingerprint density at radius 2 is 2.04 bits per heavy atom. The van der Waals surface area contributed by atoms with Gasteiger partial charge in [-0.3, -0.25) is 0 Å². The first kappa shape index (κ1) is 15.9. The molecule has 0 aliphatic carbocycles. The monoisotopic (exact) mass is 341 g/mol. The third-order valence-corrected chi connectivity index (χ3v) is 4.82. The van der Waals surface area contributed by atoms with E-state index in [0.717, 1.165) is 55.3 Å². The van der Waals surface area contributed by atoms with Gasteiger partial charge in [-0.05, 0) is 26.7 Å². The number of hydrogen-bond donors (Lipinski definition) is 2. The van der Waals surface area contributed by atoms with Crippen molar-refractivity contribution < 1.29 is 0 Å². The van der Waals surface area contributed by atoms with Crippen LogP contribution >= 0.6 is 0 Å². The first-order chi connectivity index (χ1) is 12.3. The number of aryl methyl sites for hydroxylation is 1. The quantitative estimate of drug-likeness (QED) is 0.721. The average molecular weight is 341 g/mol. The number of hydrogen-bond acceptors (Lipinski definition) is 7. The van der Waals surface area contributed by atoms with Gasteiger partial charge in [0.05, 0.1) is 12.4 Å². The van der Waals surface area contributed by atoms with Crippen LogP contribution in [0.2, 0.25) is 0 Å². The molecule has 1 aliphatic heterocycles. The molecule has 3 aromatic heterocycles. The Labute approximate surface area is 145 Å². The lowest BCUT2D eigenvalue weighted by Gasteiger charge is -2.34. The predicted molar refractivity (Wildman–Crippen MR) is 94.2 cm³/mol. The Bertz CT molecular complexity index is 831. The minimum absolute atomic E-state index is 0.192. The van der Waals surface area contributed by atoms with Crippen molar-refractivity contribution in [3.8, 4) is 0 Å². The van der Waals surface area contributed by atoms with E-state index in [9.17, 15) is 0 Å². The van der Waals surface area contributed by atoms with Crippen LogP contribution in [0.4, 0.5) is 5.82 Å². The van der Waals surface area contributed by atoms with Crippen LogP contribution in [-0.2, 0) is 6.54 Å². The summed E-state index contributed by atoms with van der Waals surface area (Å²) in [6.07, 6.45) is 7.00. The number of aromatic nitrogens is 7. The lowest BCUT2D eigenvalue weighted by molar-refractivity contribution is 0.365. The van der Waals surface area contributed by atoms with Gasteiger partial charge in [0.1, 0.15) is 24.0 Å². The standard InChI is InChI=1S/C16H23N9/c1-3-25-15(21-10-22-25)11(2)23-12-4-6-24(7-5-12)16-13-14(18-8-17-13)19-9-20-16/h8-12,23H,3-7H2,1-2H3,(H,17,18,19,20)/t11-/m0/s1. The average Bonchev–Trinajstić information content (AvgIpc) is 3.31. The van der Waals surface area contributed by atoms with Gasteiger partial charge >= 0.3 is 0 Å². The van der Waals surface area contributed by atoms with Crippen LogP contribution in [0.15, 0.2) is 19.0 Å². The molecule has 4 rings (SSSR count). The summed E-state index contributed by atoms with van der Waals surface area (Å²) in [5.41, 5.74) is 1.64. The molecule has 0 amide bonds. The highest BCUT2D eigenvalue weighted by atomic mass is 15.3. The Hall–Kier alpha value is -2.55. The van der Waals surface area contributed by atoms with Crippen molar-refractivity contribution in [3.05, 3.63) is 24.8 Å². The van der Waals surface area contributed by atoms with Crippen molar-refractivity contribution in [3.63, 3.8) is 0 Å². The van der Waals surface area contributed by atoms with Gasteiger partial charge < -0.3 is 15.2 Å². The highest BCUT2D eigenvalue weighted by Crippen LogP contribution is 2.24. The summed E-state index contributed by atoms with van der Waals surface area (Å²) in [4.78, 5) is 22.7. The number of imidazole rings is 1. The fourth-order valence-electron chi connectivity index (χ4n) is 3.53. The molecule has 0 aromatic carbocycles. The number of H-pyrrole nitrogens is 1. The smallest absolute Gasteiger partial charge is 0.182 e. The topological polar surface area (TPSA) is 100 Å². The van der Waals surface area contributed by atoms with Crippen molar-refractivity contribution in [1.29, 1.82) is 0 Å². The molecule has 9 heteroatoms. The zero-order valence-electron chi connectivity index (χ0n) is 14.6.